The Labute approximate surface area is 131 Å². The minimum Gasteiger partial charge on any atom is -0.309 e. The SMILES string of the molecule is CC(C)NCc1csc(CSc2ccc(Br)cc2)n1. The lowest BCUT2D eigenvalue weighted by atomic mass is 10.4. The van der Waals surface area contributed by atoms with Gasteiger partial charge < -0.3 is 5.32 Å². The number of hydrogen-bond donors (Lipinski definition) is 1. The third-order valence-corrected chi connectivity index (χ3v) is 5.10. The van der Waals surface area contributed by atoms with Crippen LogP contribution in [0.1, 0.15) is 24.5 Å². The topological polar surface area (TPSA) is 24.9 Å². The molecule has 1 aromatic heterocycles. The third kappa shape index (κ3) is 5.26. The molecule has 0 aliphatic rings. The molecule has 19 heavy (non-hydrogen) atoms. The van der Waals surface area contributed by atoms with Crippen LogP contribution in [0.15, 0.2) is 39.0 Å². The van der Waals surface area contributed by atoms with Crippen LogP contribution in [0.3, 0.4) is 0 Å². The summed E-state index contributed by atoms with van der Waals surface area (Å²) in [5.41, 5.74) is 1.14. The Hall–Kier alpha value is -0.360. The zero-order chi connectivity index (χ0) is 13.7. The second kappa shape index (κ2) is 7.43. The Balaban J connectivity index is 1.84. The molecule has 1 N–H and O–H groups in total. The highest BCUT2D eigenvalue weighted by molar-refractivity contribution is 9.10. The largest absolute Gasteiger partial charge is 0.309 e. The number of hydrogen-bond acceptors (Lipinski definition) is 4. The van der Waals surface area contributed by atoms with Crippen LogP contribution in [0.4, 0.5) is 0 Å². The first-order valence-corrected chi connectivity index (χ1v) is 8.84. The number of thiazole rings is 1. The van der Waals surface area contributed by atoms with Gasteiger partial charge in [-0.2, -0.15) is 0 Å². The fraction of sp³-hybridized carbons (Fsp3) is 0.357. The van der Waals surface area contributed by atoms with E-state index in [1.165, 1.54) is 9.90 Å². The maximum Gasteiger partial charge on any atom is 0.103 e. The fourth-order valence-corrected chi connectivity index (χ4v) is 3.46. The maximum absolute atomic E-state index is 4.64. The number of nitrogens with one attached hydrogen (secondary N) is 1. The average molecular weight is 357 g/mol. The van der Waals surface area contributed by atoms with Crippen LogP contribution in [0.5, 0.6) is 0 Å². The molecule has 2 nitrogen and oxygen atoms in total. The molecule has 1 heterocycles. The number of benzene rings is 1. The molecule has 0 radical (unpaired) electrons. The Bertz CT molecular complexity index is 508. The lowest BCUT2D eigenvalue weighted by molar-refractivity contribution is 0.582. The van der Waals surface area contributed by atoms with Gasteiger partial charge in [0.1, 0.15) is 5.01 Å². The molecular formula is C14H17BrN2S2. The first kappa shape index (κ1) is 15.0. The van der Waals surface area contributed by atoms with Crippen molar-refractivity contribution in [2.24, 2.45) is 0 Å². The summed E-state index contributed by atoms with van der Waals surface area (Å²) in [6.07, 6.45) is 0. The molecule has 2 rings (SSSR count). The van der Waals surface area contributed by atoms with Gasteiger partial charge in [0, 0.05) is 27.3 Å². The first-order chi connectivity index (χ1) is 9.13. The minimum absolute atomic E-state index is 0.502. The molecule has 0 aliphatic heterocycles. The van der Waals surface area contributed by atoms with Crippen molar-refractivity contribution in [3.05, 3.63) is 44.8 Å². The highest BCUT2D eigenvalue weighted by Crippen LogP contribution is 2.25. The van der Waals surface area contributed by atoms with Crippen molar-refractivity contribution in [3.8, 4) is 0 Å². The van der Waals surface area contributed by atoms with Gasteiger partial charge in [0.15, 0.2) is 0 Å². The average Bonchev–Trinajstić information content (AvgIpc) is 2.84. The van der Waals surface area contributed by atoms with Crippen molar-refractivity contribution in [2.75, 3.05) is 0 Å². The van der Waals surface area contributed by atoms with Crippen molar-refractivity contribution in [1.82, 2.24) is 10.3 Å². The molecule has 0 aliphatic carbocycles. The number of thioether (sulfide) groups is 1. The summed E-state index contributed by atoms with van der Waals surface area (Å²) in [6.45, 7) is 5.16. The van der Waals surface area contributed by atoms with E-state index in [1.54, 1.807) is 11.3 Å². The Morgan fingerprint density at radius 2 is 2.05 bits per heavy atom. The van der Waals surface area contributed by atoms with Gasteiger partial charge in [-0.3, -0.25) is 0 Å². The van der Waals surface area contributed by atoms with Gasteiger partial charge in [-0.1, -0.05) is 29.8 Å². The van der Waals surface area contributed by atoms with E-state index in [0.717, 1.165) is 22.5 Å². The summed E-state index contributed by atoms with van der Waals surface area (Å²) in [5, 5.41) is 6.72. The normalized spacial score (nSPS) is 11.2. The molecule has 5 heteroatoms. The van der Waals surface area contributed by atoms with E-state index >= 15 is 0 Å². The van der Waals surface area contributed by atoms with E-state index < -0.39 is 0 Å². The van der Waals surface area contributed by atoms with Crippen LogP contribution in [-0.4, -0.2) is 11.0 Å². The number of rotatable bonds is 6. The first-order valence-electron chi connectivity index (χ1n) is 6.18. The molecule has 0 unspecified atom stereocenters. The summed E-state index contributed by atoms with van der Waals surface area (Å²) >= 11 is 7.02. The molecule has 0 bridgehead atoms. The second-order valence-electron chi connectivity index (χ2n) is 4.51. The molecule has 0 fully saturated rings. The van der Waals surface area contributed by atoms with Crippen molar-refractivity contribution in [2.45, 2.75) is 37.1 Å². The number of aromatic nitrogens is 1. The van der Waals surface area contributed by atoms with E-state index in [9.17, 15) is 0 Å². The summed E-state index contributed by atoms with van der Waals surface area (Å²) in [5.74, 6) is 0.938. The monoisotopic (exact) mass is 356 g/mol. The van der Waals surface area contributed by atoms with E-state index in [-0.39, 0.29) is 0 Å². The molecule has 1 aromatic carbocycles. The Morgan fingerprint density at radius 1 is 1.32 bits per heavy atom. The minimum atomic E-state index is 0.502. The second-order valence-corrected chi connectivity index (χ2v) is 7.42. The van der Waals surface area contributed by atoms with Gasteiger partial charge in [-0.25, -0.2) is 4.98 Å². The standard InChI is InChI=1S/C14H17BrN2S2/c1-10(2)16-7-12-8-19-14(17-12)9-18-13-5-3-11(15)4-6-13/h3-6,8,10,16H,7,9H2,1-2H3. The summed E-state index contributed by atoms with van der Waals surface area (Å²) in [4.78, 5) is 5.92. The molecule has 0 atom stereocenters. The van der Waals surface area contributed by atoms with Gasteiger partial charge in [0.2, 0.25) is 0 Å². The summed E-state index contributed by atoms with van der Waals surface area (Å²) in [7, 11) is 0. The zero-order valence-electron chi connectivity index (χ0n) is 11.0. The van der Waals surface area contributed by atoms with Crippen LogP contribution in [0.25, 0.3) is 0 Å². The molecule has 0 saturated carbocycles. The molecule has 102 valence electrons. The lowest BCUT2D eigenvalue weighted by Crippen LogP contribution is -2.21. The fourth-order valence-electron chi connectivity index (χ4n) is 1.48. The van der Waals surface area contributed by atoms with Gasteiger partial charge in [-0.15, -0.1) is 23.1 Å². The number of nitrogens with zero attached hydrogens (tertiary/aromatic N) is 1. The highest BCUT2D eigenvalue weighted by atomic mass is 79.9. The Morgan fingerprint density at radius 3 is 2.74 bits per heavy atom. The number of halogens is 1. The van der Waals surface area contributed by atoms with Gasteiger partial charge in [-0.05, 0) is 24.3 Å². The van der Waals surface area contributed by atoms with Crippen molar-refractivity contribution in [1.29, 1.82) is 0 Å². The van der Waals surface area contributed by atoms with Crippen LogP contribution in [0, 0.1) is 0 Å². The highest BCUT2D eigenvalue weighted by Gasteiger charge is 2.03. The smallest absolute Gasteiger partial charge is 0.103 e. The van der Waals surface area contributed by atoms with Crippen LogP contribution >= 0.6 is 39.0 Å². The van der Waals surface area contributed by atoms with E-state index in [0.29, 0.717) is 6.04 Å². The van der Waals surface area contributed by atoms with Gasteiger partial charge in [0.05, 0.1) is 11.4 Å². The molecular weight excluding hydrogens is 340 g/mol. The third-order valence-electron chi connectivity index (χ3n) is 2.47. The summed E-state index contributed by atoms with van der Waals surface area (Å²) in [6, 6.07) is 8.90. The quantitative estimate of drug-likeness (QED) is 0.759. The van der Waals surface area contributed by atoms with Gasteiger partial charge in [0.25, 0.3) is 0 Å². The van der Waals surface area contributed by atoms with Crippen molar-refractivity contribution in [3.63, 3.8) is 0 Å². The van der Waals surface area contributed by atoms with Crippen LogP contribution < -0.4 is 5.32 Å². The van der Waals surface area contributed by atoms with E-state index in [4.69, 9.17) is 0 Å². The van der Waals surface area contributed by atoms with Crippen molar-refractivity contribution >= 4 is 39.0 Å². The maximum atomic E-state index is 4.64. The predicted molar refractivity (Wildman–Crippen MR) is 87.8 cm³/mol. The van der Waals surface area contributed by atoms with E-state index in [1.807, 2.05) is 11.8 Å². The lowest BCUT2D eigenvalue weighted by Gasteiger charge is -2.04. The van der Waals surface area contributed by atoms with Crippen LogP contribution in [-0.2, 0) is 12.3 Å². The van der Waals surface area contributed by atoms with Crippen LogP contribution in [0.2, 0.25) is 0 Å². The van der Waals surface area contributed by atoms with Crippen molar-refractivity contribution < 1.29 is 0 Å². The molecule has 0 spiro atoms. The van der Waals surface area contributed by atoms with E-state index in [2.05, 4.69) is 69.7 Å². The zero-order valence-corrected chi connectivity index (χ0v) is 14.2. The molecule has 0 amide bonds. The molecule has 0 saturated heterocycles. The summed E-state index contributed by atoms with van der Waals surface area (Å²) < 4.78 is 1.12. The molecule has 2 aromatic rings. The Kier molecular flexibility index (Phi) is 5.88. The van der Waals surface area contributed by atoms with Gasteiger partial charge >= 0.3 is 0 Å². The predicted octanol–water partition coefficient (Wildman–Crippen LogP) is 4.70.